The van der Waals surface area contributed by atoms with E-state index in [1.165, 1.54) is 0 Å². The van der Waals surface area contributed by atoms with Crippen LogP contribution in [0.15, 0.2) is 12.4 Å². The molecule has 0 radical (unpaired) electrons. The van der Waals surface area contributed by atoms with Crippen LogP contribution < -0.4 is 11.1 Å². The van der Waals surface area contributed by atoms with Crippen molar-refractivity contribution in [1.29, 1.82) is 0 Å². The number of aromatic nitrogens is 2. The summed E-state index contributed by atoms with van der Waals surface area (Å²) in [5, 5.41) is 6.97. The lowest BCUT2D eigenvalue weighted by atomic mass is 9.99. The third-order valence-electron chi connectivity index (χ3n) is 2.96. The molecule has 1 aromatic rings. The second-order valence-electron chi connectivity index (χ2n) is 4.48. The van der Waals surface area contributed by atoms with E-state index in [0.717, 1.165) is 12.0 Å². The van der Waals surface area contributed by atoms with Gasteiger partial charge in [-0.2, -0.15) is 5.10 Å². The summed E-state index contributed by atoms with van der Waals surface area (Å²) in [6, 6.07) is -0.417. The van der Waals surface area contributed by atoms with E-state index in [-0.39, 0.29) is 11.8 Å². The van der Waals surface area contributed by atoms with Crippen molar-refractivity contribution in [3.05, 3.63) is 18.0 Å². The SMILES string of the molecule is CCC(C)[C@H](N)C(=O)NCCn1cc(C)cn1. The van der Waals surface area contributed by atoms with Crippen LogP contribution in [0.1, 0.15) is 25.8 Å². The number of nitrogens with two attached hydrogens (primary N) is 1. The summed E-state index contributed by atoms with van der Waals surface area (Å²) in [6.45, 7) is 7.24. The molecular formula is C12H22N4O. The molecule has 0 aliphatic heterocycles. The molecule has 0 aromatic carbocycles. The number of nitrogens with one attached hydrogen (secondary N) is 1. The van der Waals surface area contributed by atoms with Crippen LogP contribution in [0.25, 0.3) is 0 Å². The van der Waals surface area contributed by atoms with E-state index in [9.17, 15) is 4.79 Å². The van der Waals surface area contributed by atoms with Gasteiger partial charge in [-0.15, -0.1) is 0 Å². The Bertz CT molecular complexity index is 361. The lowest BCUT2D eigenvalue weighted by Crippen LogP contribution is -2.45. The van der Waals surface area contributed by atoms with E-state index in [0.29, 0.717) is 13.1 Å². The molecule has 1 amide bonds. The molecule has 3 N–H and O–H groups in total. The van der Waals surface area contributed by atoms with E-state index in [1.54, 1.807) is 6.20 Å². The maximum Gasteiger partial charge on any atom is 0.237 e. The molecule has 1 aromatic heterocycles. The van der Waals surface area contributed by atoms with Crippen molar-refractivity contribution in [3.8, 4) is 0 Å². The molecule has 0 spiro atoms. The van der Waals surface area contributed by atoms with Gasteiger partial charge in [0.15, 0.2) is 0 Å². The minimum Gasteiger partial charge on any atom is -0.353 e. The van der Waals surface area contributed by atoms with Gasteiger partial charge >= 0.3 is 0 Å². The second kappa shape index (κ2) is 6.39. The monoisotopic (exact) mass is 238 g/mol. The van der Waals surface area contributed by atoms with Crippen LogP contribution >= 0.6 is 0 Å². The van der Waals surface area contributed by atoms with Gasteiger partial charge in [0.1, 0.15) is 0 Å². The van der Waals surface area contributed by atoms with Crippen LogP contribution in [0.3, 0.4) is 0 Å². The van der Waals surface area contributed by atoms with Crippen molar-refractivity contribution in [2.24, 2.45) is 11.7 Å². The van der Waals surface area contributed by atoms with E-state index in [2.05, 4.69) is 10.4 Å². The Hall–Kier alpha value is -1.36. The molecule has 0 saturated heterocycles. The molecule has 2 atom stereocenters. The van der Waals surface area contributed by atoms with Crippen LogP contribution in [-0.4, -0.2) is 28.3 Å². The molecular weight excluding hydrogens is 216 g/mol. The van der Waals surface area contributed by atoms with Crippen molar-refractivity contribution >= 4 is 5.91 Å². The lowest BCUT2D eigenvalue weighted by molar-refractivity contribution is -0.123. The molecule has 0 aliphatic rings. The standard InChI is InChI=1S/C12H22N4O/c1-4-10(3)11(13)12(17)14-5-6-16-8-9(2)7-15-16/h7-8,10-11H,4-6,13H2,1-3H3,(H,14,17)/t10?,11-/m0/s1. The van der Waals surface area contributed by atoms with Gasteiger partial charge in [-0.1, -0.05) is 20.3 Å². The summed E-state index contributed by atoms with van der Waals surface area (Å²) in [5.74, 6) is 0.130. The van der Waals surface area contributed by atoms with Crippen LogP contribution in [0.2, 0.25) is 0 Å². The summed E-state index contributed by atoms with van der Waals surface area (Å²) >= 11 is 0. The molecule has 0 aliphatic carbocycles. The summed E-state index contributed by atoms with van der Waals surface area (Å²) in [5.41, 5.74) is 6.94. The number of aryl methyl sites for hydroxylation is 1. The highest BCUT2D eigenvalue weighted by molar-refractivity contribution is 5.81. The molecule has 5 heteroatoms. The number of carbonyl (C=O) groups is 1. The van der Waals surface area contributed by atoms with Crippen molar-refractivity contribution < 1.29 is 4.79 Å². The largest absolute Gasteiger partial charge is 0.353 e. The van der Waals surface area contributed by atoms with Crippen molar-refractivity contribution in [2.75, 3.05) is 6.54 Å². The Kier molecular flexibility index (Phi) is 5.15. The fourth-order valence-corrected chi connectivity index (χ4v) is 1.51. The average molecular weight is 238 g/mol. The fourth-order valence-electron chi connectivity index (χ4n) is 1.51. The van der Waals surface area contributed by atoms with Crippen LogP contribution in [0, 0.1) is 12.8 Å². The third-order valence-corrected chi connectivity index (χ3v) is 2.96. The molecule has 96 valence electrons. The molecule has 1 rings (SSSR count). The zero-order valence-electron chi connectivity index (χ0n) is 10.8. The van der Waals surface area contributed by atoms with Gasteiger partial charge in [0, 0.05) is 12.7 Å². The van der Waals surface area contributed by atoms with Crippen molar-refractivity contribution in [3.63, 3.8) is 0 Å². The predicted octanol–water partition coefficient (Wildman–Crippen LogP) is 0.681. The van der Waals surface area contributed by atoms with E-state index < -0.39 is 6.04 Å². The highest BCUT2D eigenvalue weighted by atomic mass is 16.2. The fraction of sp³-hybridized carbons (Fsp3) is 0.667. The van der Waals surface area contributed by atoms with E-state index in [4.69, 9.17) is 5.73 Å². The Labute approximate surface area is 102 Å². The first-order chi connectivity index (χ1) is 8.04. The van der Waals surface area contributed by atoms with Gasteiger partial charge < -0.3 is 11.1 Å². The number of hydrogen-bond donors (Lipinski definition) is 2. The Morgan fingerprint density at radius 1 is 1.65 bits per heavy atom. The molecule has 1 unspecified atom stereocenters. The number of carbonyl (C=O) groups excluding carboxylic acids is 1. The number of hydrogen-bond acceptors (Lipinski definition) is 3. The van der Waals surface area contributed by atoms with Crippen molar-refractivity contribution in [2.45, 2.75) is 39.8 Å². The number of amides is 1. The zero-order valence-corrected chi connectivity index (χ0v) is 10.8. The minimum atomic E-state index is -0.417. The first-order valence-electron chi connectivity index (χ1n) is 6.07. The topological polar surface area (TPSA) is 72.9 Å². The molecule has 0 fully saturated rings. The lowest BCUT2D eigenvalue weighted by Gasteiger charge is -2.17. The summed E-state index contributed by atoms with van der Waals surface area (Å²) < 4.78 is 1.81. The summed E-state index contributed by atoms with van der Waals surface area (Å²) in [4.78, 5) is 11.7. The highest BCUT2D eigenvalue weighted by Gasteiger charge is 2.18. The molecule has 1 heterocycles. The zero-order chi connectivity index (χ0) is 12.8. The van der Waals surface area contributed by atoms with Crippen LogP contribution in [-0.2, 0) is 11.3 Å². The summed E-state index contributed by atoms with van der Waals surface area (Å²) in [6.07, 6.45) is 4.65. The van der Waals surface area contributed by atoms with Gasteiger partial charge in [-0.3, -0.25) is 9.48 Å². The smallest absolute Gasteiger partial charge is 0.237 e. The molecule has 17 heavy (non-hydrogen) atoms. The first kappa shape index (κ1) is 13.7. The van der Waals surface area contributed by atoms with Gasteiger partial charge in [0.05, 0.1) is 18.8 Å². The first-order valence-corrected chi connectivity index (χ1v) is 6.07. The summed E-state index contributed by atoms with van der Waals surface area (Å²) in [7, 11) is 0. The molecule has 0 saturated carbocycles. The van der Waals surface area contributed by atoms with Gasteiger partial charge in [-0.25, -0.2) is 0 Å². The van der Waals surface area contributed by atoms with E-state index in [1.807, 2.05) is 31.6 Å². The van der Waals surface area contributed by atoms with Gasteiger partial charge in [0.25, 0.3) is 0 Å². The third kappa shape index (κ3) is 4.19. The van der Waals surface area contributed by atoms with Crippen LogP contribution in [0.4, 0.5) is 0 Å². The maximum atomic E-state index is 11.7. The Balaban J connectivity index is 2.29. The van der Waals surface area contributed by atoms with E-state index >= 15 is 0 Å². The van der Waals surface area contributed by atoms with Crippen molar-refractivity contribution in [1.82, 2.24) is 15.1 Å². The van der Waals surface area contributed by atoms with Gasteiger partial charge in [0.2, 0.25) is 5.91 Å². The molecule has 5 nitrogen and oxygen atoms in total. The maximum absolute atomic E-state index is 11.7. The minimum absolute atomic E-state index is 0.0803. The Morgan fingerprint density at radius 2 is 2.35 bits per heavy atom. The number of rotatable bonds is 6. The Morgan fingerprint density at radius 3 is 2.88 bits per heavy atom. The quantitative estimate of drug-likeness (QED) is 0.765. The highest BCUT2D eigenvalue weighted by Crippen LogP contribution is 2.04. The normalized spacial score (nSPS) is 14.4. The molecule has 0 bridgehead atoms. The van der Waals surface area contributed by atoms with Crippen LogP contribution in [0.5, 0.6) is 0 Å². The average Bonchev–Trinajstić information content (AvgIpc) is 2.72. The van der Waals surface area contributed by atoms with Gasteiger partial charge in [-0.05, 0) is 18.4 Å². The second-order valence-corrected chi connectivity index (χ2v) is 4.48. The number of nitrogens with zero attached hydrogens (tertiary/aromatic N) is 2. The predicted molar refractivity (Wildman–Crippen MR) is 67.4 cm³/mol.